The van der Waals surface area contributed by atoms with Gasteiger partial charge in [0.25, 0.3) is 6.71 Å². The van der Waals surface area contributed by atoms with Gasteiger partial charge in [0, 0.05) is 55.7 Å². The minimum Gasteiger partial charge on any atom is -0.456 e. The van der Waals surface area contributed by atoms with Gasteiger partial charge in [-0.3, -0.25) is 0 Å². The van der Waals surface area contributed by atoms with Crippen LogP contribution in [0.2, 0.25) is 0 Å². The molecule has 3 aliphatic carbocycles. The predicted molar refractivity (Wildman–Crippen MR) is 347 cm³/mol. The summed E-state index contributed by atoms with van der Waals surface area (Å²) in [5.41, 5.74) is 25.8. The maximum atomic E-state index is 7.39. The molecule has 1 fully saturated rings. The molecule has 5 nitrogen and oxygen atoms in total. The summed E-state index contributed by atoms with van der Waals surface area (Å²) in [6.45, 7) is 32.1. The molecular formula is C76H78BN3O2. The van der Waals surface area contributed by atoms with Crippen molar-refractivity contribution in [2.45, 2.75) is 179 Å². The second kappa shape index (κ2) is 16.3. The van der Waals surface area contributed by atoms with Gasteiger partial charge in [0.2, 0.25) is 0 Å². The maximum Gasteiger partial charge on any atom is 0.252 e. The van der Waals surface area contributed by atoms with Gasteiger partial charge in [-0.2, -0.15) is 0 Å². The third kappa shape index (κ3) is 6.64. The minimum atomic E-state index is -0.206. The zero-order valence-electron chi connectivity index (χ0n) is 50.7. The lowest BCUT2D eigenvalue weighted by atomic mass is 9.33. The summed E-state index contributed by atoms with van der Waals surface area (Å²) >= 11 is 0. The summed E-state index contributed by atoms with van der Waals surface area (Å²) in [5, 5.41) is 4.47. The zero-order chi connectivity index (χ0) is 56.6. The van der Waals surface area contributed by atoms with Crippen LogP contribution in [0.1, 0.15) is 175 Å². The van der Waals surface area contributed by atoms with E-state index in [1.54, 1.807) is 0 Å². The van der Waals surface area contributed by atoms with E-state index >= 15 is 0 Å². The highest BCUT2D eigenvalue weighted by atomic mass is 16.3. The highest BCUT2D eigenvalue weighted by Gasteiger charge is 2.59. The Labute approximate surface area is 485 Å². The first-order valence-corrected chi connectivity index (χ1v) is 30.9. The van der Waals surface area contributed by atoms with Crippen LogP contribution in [-0.4, -0.2) is 12.3 Å². The highest BCUT2D eigenvalue weighted by Crippen LogP contribution is 2.63. The number of anilines is 8. The van der Waals surface area contributed by atoms with Crippen LogP contribution in [0.25, 0.3) is 43.9 Å². The second-order valence-corrected chi connectivity index (χ2v) is 30.1. The number of rotatable bonds is 3. The lowest BCUT2D eigenvalue weighted by Crippen LogP contribution is -2.62. The Kier molecular flexibility index (Phi) is 10.1. The van der Waals surface area contributed by atoms with Crippen LogP contribution >= 0.6 is 0 Å². The predicted octanol–water partition coefficient (Wildman–Crippen LogP) is 19.3. The van der Waals surface area contributed by atoms with Crippen molar-refractivity contribution in [1.29, 1.82) is 0 Å². The van der Waals surface area contributed by atoms with Crippen LogP contribution in [-0.2, 0) is 32.5 Å². The molecule has 412 valence electrons. The van der Waals surface area contributed by atoms with Crippen molar-refractivity contribution in [3.05, 3.63) is 173 Å². The van der Waals surface area contributed by atoms with Crippen molar-refractivity contribution in [2.75, 3.05) is 14.7 Å². The van der Waals surface area contributed by atoms with Gasteiger partial charge in [0.15, 0.2) is 5.58 Å². The van der Waals surface area contributed by atoms with Gasteiger partial charge in [-0.05, 0) is 183 Å². The molecule has 8 aromatic carbocycles. The molecule has 0 radical (unpaired) electrons. The number of para-hydroxylation sites is 2. The van der Waals surface area contributed by atoms with E-state index in [0.717, 1.165) is 87.4 Å². The molecule has 0 saturated heterocycles. The molecule has 82 heavy (non-hydrogen) atoms. The largest absolute Gasteiger partial charge is 0.456 e. The Balaban J connectivity index is 1.09. The summed E-state index contributed by atoms with van der Waals surface area (Å²) in [5.74, 6) is 0. The molecule has 2 unspecified atom stereocenters. The Bertz CT molecular complexity index is 4430. The third-order valence-electron chi connectivity index (χ3n) is 22.5. The van der Waals surface area contributed by atoms with Gasteiger partial charge in [0.1, 0.15) is 16.7 Å². The fourth-order valence-corrected chi connectivity index (χ4v) is 17.2. The Hall–Kier alpha value is -7.18. The lowest BCUT2D eigenvalue weighted by Gasteiger charge is -2.51. The average Bonchev–Trinajstić information content (AvgIpc) is 3.64. The molecule has 3 aliphatic heterocycles. The molecular weight excluding hydrogens is 998 g/mol. The highest BCUT2D eigenvalue weighted by molar-refractivity contribution is 7.00. The minimum absolute atomic E-state index is 0.0100. The molecule has 2 aromatic heterocycles. The number of benzene rings is 8. The summed E-state index contributed by atoms with van der Waals surface area (Å²) in [4.78, 5) is 8.23. The van der Waals surface area contributed by atoms with Gasteiger partial charge in [-0.25, -0.2) is 0 Å². The Morgan fingerprint density at radius 3 is 1.77 bits per heavy atom. The molecule has 6 aliphatic rings. The molecule has 0 bridgehead atoms. The molecule has 0 N–H and O–H groups in total. The van der Waals surface area contributed by atoms with E-state index in [0.29, 0.717) is 0 Å². The lowest BCUT2D eigenvalue weighted by molar-refractivity contribution is 0.195. The fourth-order valence-electron chi connectivity index (χ4n) is 17.2. The topological polar surface area (TPSA) is 36.0 Å². The first kappa shape index (κ1) is 50.5. The van der Waals surface area contributed by atoms with E-state index in [1.807, 2.05) is 0 Å². The van der Waals surface area contributed by atoms with E-state index in [1.165, 1.54) is 103 Å². The first-order chi connectivity index (χ1) is 39.0. The summed E-state index contributed by atoms with van der Waals surface area (Å²) in [7, 11) is 0. The van der Waals surface area contributed by atoms with Crippen molar-refractivity contribution in [3.63, 3.8) is 0 Å². The van der Waals surface area contributed by atoms with E-state index in [-0.39, 0.29) is 44.7 Å². The van der Waals surface area contributed by atoms with Crippen LogP contribution < -0.4 is 31.1 Å². The van der Waals surface area contributed by atoms with Crippen LogP contribution in [0.15, 0.2) is 148 Å². The number of fused-ring (bicyclic) bond motifs is 16. The van der Waals surface area contributed by atoms with Gasteiger partial charge in [-0.1, -0.05) is 175 Å². The fraction of sp³-hybridized carbons (Fsp3) is 0.368. The Morgan fingerprint density at radius 1 is 0.427 bits per heavy atom. The standard InChI is InChI=1S/C76H78BN3O2/c1-70(2,3)45-27-32-58-55(39-45)75(12)33-18-19-34-76(75,13)80(58)47-41-61-67-62(42-47)79(59-23-20-26-65-66(59)50-22-15-17-25-64(50)81-65)68-56(31-29-49-48-21-14-16-24-63(48)82-69(49)68)77(67)57-43-53-54(74(10,11)38-37-73(53,8)9)44-60(57)78(61)46-28-30-51-52(40-46)72(6,7)36-35-71(51,4)5/h14-17,20-32,39-44H,18-19,33-38H2,1-13H3. The molecule has 6 heteroatoms. The van der Waals surface area contributed by atoms with Crippen molar-refractivity contribution in [2.24, 2.45) is 0 Å². The Morgan fingerprint density at radius 2 is 1.05 bits per heavy atom. The molecule has 16 rings (SSSR count). The first-order valence-electron chi connectivity index (χ1n) is 30.9. The van der Waals surface area contributed by atoms with Crippen LogP contribution in [0.3, 0.4) is 0 Å². The van der Waals surface area contributed by atoms with Crippen LogP contribution in [0, 0.1) is 0 Å². The monoisotopic (exact) mass is 1080 g/mol. The number of furan rings is 2. The molecule has 0 spiro atoms. The van der Waals surface area contributed by atoms with Gasteiger partial charge in [0.05, 0.1) is 22.3 Å². The second-order valence-electron chi connectivity index (χ2n) is 30.1. The molecule has 10 aromatic rings. The quantitative estimate of drug-likeness (QED) is 0.165. The molecule has 2 atom stereocenters. The van der Waals surface area contributed by atoms with Gasteiger partial charge in [-0.15, -0.1) is 0 Å². The van der Waals surface area contributed by atoms with E-state index in [9.17, 15) is 0 Å². The summed E-state index contributed by atoms with van der Waals surface area (Å²) < 4.78 is 14.2. The van der Waals surface area contributed by atoms with Gasteiger partial charge >= 0.3 is 0 Å². The van der Waals surface area contributed by atoms with Crippen LogP contribution in [0.4, 0.5) is 45.5 Å². The van der Waals surface area contributed by atoms with Gasteiger partial charge < -0.3 is 23.5 Å². The molecule has 5 heterocycles. The van der Waals surface area contributed by atoms with Crippen molar-refractivity contribution in [1.82, 2.24) is 0 Å². The zero-order valence-corrected chi connectivity index (χ0v) is 50.7. The van der Waals surface area contributed by atoms with E-state index in [4.69, 9.17) is 8.83 Å². The number of nitrogens with zero attached hydrogens (tertiary/aromatic N) is 3. The third-order valence-corrected chi connectivity index (χ3v) is 22.5. The maximum absolute atomic E-state index is 7.39. The molecule has 0 amide bonds. The SMILES string of the molecule is CC(C)(C)c1ccc2c(c1)C1(C)CCCCC1(C)N2c1cc2c3c(c1)N(c1cccc4oc5ccccc5c14)c1c(ccc4c1oc1ccccc14)B3c1cc3c(cc1N2c1ccc2c(c1)C(C)(C)CCC2(C)C)C(C)(C)CCC3(C)C. The van der Waals surface area contributed by atoms with Crippen molar-refractivity contribution >= 4 is 112 Å². The average molecular weight is 1080 g/mol. The van der Waals surface area contributed by atoms with Crippen molar-refractivity contribution in [3.8, 4) is 0 Å². The normalized spacial score (nSPS) is 22.5. The number of hydrogen-bond donors (Lipinski definition) is 0. The van der Waals surface area contributed by atoms with Crippen LogP contribution in [0.5, 0.6) is 0 Å². The number of hydrogen-bond acceptors (Lipinski definition) is 5. The smallest absolute Gasteiger partial charge is 0.252 e. The van der Waals surface area contributed by atoms with E-state index in [2.05, 4.69) is 244 Å². The summed E-state index contributed by atoms with van der Waals surface area (Å²) in [6.07, 6.45) is 9.27. The summed E-state index contributed by atoms with van der Waals surface area (Å²) in [6, 6.07) is 54.6. The van der Waals surface area contributed by atoms with E-state index < -0.39 is 0 Å². The van der Waals surface area contributed by atoms with Crippen molar-refractivity contribution < 1.29 is 8.83 Å². The molecule has 1 saturated carbocycles.